The van der Waals surface area contributed by atoms with Gasteiger partial charge in [-0.15, -0.1) is 0 Å². The maximum atomic E-state index is 6.05. The van der Waals surface area contributed by atoms with E-state index in [2.05, 4.69) is 34.0 Å². The molecule has 0 radical (unpaired) electrons. The van der Waals surface area contributed by atoms with Gasteiger partial charge < -0.3 is 20.7 Å². The van der Waals surface area contributed by atoms with Crippen LogP contribution < -0.4 is 15.8 Å². The van der Waals surface area contributed by atoms with Crippen molar-refractivity contribution in [2.24, 2.45) is 0 Å². The zero-order valence-electron chi connectivity index (χ0n) is 12.4. The molecule has 20 heavy (non-hydrogen) atoms. The summed E-state index contributed by atoms with van der Waals surface area (Å²) in [6.45, 7) is 8.20. The summed E-state index contributed by atoms with van der Waals surface area (Å²) < 4.78 is 5.52. The Bertz CT molecular complexity index is 420. The highest BCUT2D eigenvalue weighted by Gasteiger charge is 2.16. The lowest BCUT2D eigenvalue weighted by atomic mass is 10.3. The minimum atomic E-state index is 0.296. The molecule has 0 bridgehead atoms. The minimum Gasteiger partial charge on any atom is -0.476 e. The van der Waals surface area contributed by atoms with Crippen LogP contribution in [0.4, 0.5) is 11.5 Å². The Morgan fingerprint density at radius 2 is 2.15 bits per heavy atom. The van der Waals surface area contributed by atoms with Crippen molar-refractivity contribution in [1.82, 2.24) is 14.9 Å². The van der Waals surface area contributed by atoms with Crippen LogP contribution in [-0.4, -0.2) is 47.2 Å². The van der Waals surface area contributed by atoms with E-state index < -0.39 is 0 Å². The number of nitrogens with one attached hydrogen (secondary N) is 1. The number of ether oxygens (including phenoxy) is 1. The third kappa shape index (κ3) is 3.96. The van der Waals surface area contributed by atoms with Gasteiger partial charge in [-0.1, -0.05) is 6.92 Å². The lowest BCUT2D eigenvalue weighted by Crippen LogP contribution is -2.33. The van der Waals surface area contributed by atoms with Crippen LogP contribution in [0.15, 0.2) is 6.33 Å². The second-order valence-corrected chi connectivity index (χ2v) is 5.34. The molecule has 0 saturated carbocycles. The quantitative estimate of drug-likeness (QED) is 0.792. The van der Waals surface area contributed by atoms with Gasteiger partial charge in [0.15, 0.2) is 5.82 Å². The maximum Gasteiger partial charge on any atom is 0.242 e. The van der Waals surface area contributed by atoms with Crippen LogP contribution in [-0.2, 0) is 0 Å². The fourth-order valence-electron chi connectivity index (χ4n) is 2.44. The largest absolute Gasteiger partial charge is 0.476 e. The van der Waals surface area contributed by atoms with Crippen molar-refractivity contribution in [2.75, 3.05) is 37.3 Å². The molecule has 0 amide bonds. The number of aromatic nitrogens is 2. The molecule has 112 valence electrons. The Morgan fingerprint density at radius 1 is 1.40 bits per heavy atom. The van der Waals surface area contributed by atoms with E-state index >= 15 is 0 Å². The smallest absolute Gasteiger partial charge is 0.242 e. The number of hydrogen-bond acceptors (Lipinski definition) is 6. The number of rotatable bonds is 7. The average molecular weight is 279 g/mol. The van der Waals surface area contributed by atoms with Crippen molar-refractivity contribution >= 4 is 11.5 Å². The first-order valence-corrected chi connectivity index (χ1v) is 7.43. The number of hydrogen-bond donors (Lipinski definition) is 2. The standard InChI is InChI=1S/C14H25N5O/c1-3-8-20-14-12(15)13(16-10-17-14)18-11(2)9-19-6-4-5-7-19/h10-11H,3-9,15H2,1-2H3,(H,16,17,18). The van der Waals surface area contributed by atoms with Gasteiger partial charge in [0.25, 0.3) is 0 Å². The summed E-state index contributed by atoms with van der Waals surface area (Å²) in [6.07, 6.45) is 5.03. The topological polar surface area (TPSA) is 76.3 Å². The molecule has 1 unspecified atom stereocenters. The van der Waals surface area contributed by atoms with Gasteiger partial charge in [-0.3, -0.25) is 0 Å². The Hall–Kier alpha value is -1.56. The predicted molar refractivity (Wildman–Crippen MR) is 81.0 cm³/mol. The summed E-state index contributed by atoms with van der Waals surface area (Å²) in [4.78, 5) is 10.8. The molecule has 1 aliphatic rings. The number of nitrogens with zero attached hydrogens (tertiary/aromatic N) is 3. The van der Waals surface area contributed by atoms with Crippen LogP contribution in [0.3, 0.4) is 0 Å². The van der Waals surface area contributed by atoms with E-state index in [1.54, 1.807) is 0 Å². The maximum absolute atomic E-state index is 6.05. The first kappa shape index (κ1) is 14.8. The summed E-state index contributed by atoms with van der Waals surface area (Å²) in [6, 6.07) is 0.296. The molecule has 1 aromatic heterocycles. The van der Waals surface area contributed by atoms with Crippen molar-refractivity contribution in [3.8, 4) is 5.88 Å². The molecule has 1 atom stereocenters. The third-order valence-corrected chi connectivity index (χ3v) is 3.40. The van der Waals surface area contributed by atoms with Crippen LogP contribution in [0.25, 0.3) is 0 Å². The lowest BCUT2D eigenvalue weighted by Gasteiger charge is -2.22. The van der Waals surface area contributed by atoms with Gasteiger partial charge in [0.05, 0.1) is 6.61 Å². The first-order valence-electron chi connectivity index (χ1n) is 7.43. The monoisotopic (exact) mass is 279 g/mol. The normalized spacial score (nSPS) is 17.1. The lowest BCUT2D eigenvalue weighted by molar-refractivity contribution is 0.306. The molecule has 0 aromatic carbocycles. The third-order valence-electron chi connectivity index (χ3n) is 3.40. The number of nitrogens with two attached hydrogens (primary N) is 1. The Labute approximate surface area is 120 Å². The molecule has 2 rings (SSSR count). The van der Waals surface area contributed by atoms with Gasteiger partial charge in [-0.05, 0) is 39.3 Å². The summed E-state index contributed by atoms with van der Waals surface area (Å²) in [7, 11) is 0. The van der Waals surface area contributed by atoms with Gasteiger partial charge in [-0.2, -0.15) is 4.98 Å². The average Bonchev–Trinajstić information content (AvgIpc) is 2.92. The van der Waals surface area contributed by atoms with Crippen LogP contribution in [0, 0.1) is 0 Å². The SMILES string of the molecule is CCCOc1ncnc(NC(C)CN2CCCC2)c1N. The first-order chi connectivity index (χ1) is 9.70. The van der Waals surface area contributed by atoms with E-state index in [0.717, 1.165) is 13.0 Å². The highest BCUT2D eigenvalue weighted by Crippen LogP contribution is 2.25. The molecule has 6 heteroatoms. The zero-order chi connectivity index (χ0) is 14.4. The Balaban J connectivity index is 1.93. The predicted octanol–water partition coefficient (Wildman–Crippen LogP) is 1.74. The molecule has 3 N–H and O–H groups in total. The Kier molecular flexibility index (Phi) is 5.40. The molecule has 1 aromatic rings. The molecule has 1 fully saturated rings. The van der Waals surface area contributed by atoms with E-state index in [1.807, 2.05) is 0 Å². The Morgan fingerprint density at radius 3 is 2.85 bits per heavy atom. The van der Waals surface area contributed by atoms with Crippen molar-refractivity contribution in [3.05, 3.63) is 6.33 Å². The van der Waals surface area contributed by atoms with E-state index in [1.165, 1.54) is 32.3 Å². The number of nitrogen functional groups attached to an aromatic ring is 1. The molecule has 6 nitrogen and oxygen atoms in total. The fraction of sp³-hybridized carbons (Fsp3) is 0.714. The molecule has 1 saturated heterocycles. The van der Waals surface area contributed by atoms with Gasteiger partial charge in [-0.25, -0.2) is 4.98 Å². The second kappa shape index (κ2) is 7.28. The molecule has 0 spiro atoms. The highest BCUT2D eigenvalue weighted by atomic mass is 16.5. The van der Waals surface area contributed by atoms with Gasteiger partial charge in [0, 0.05) is 12.6 Å². The van der Waals surface area contributed by atoms with Gasteiger partial charge in [0.2, 0.25) is 5.88 Å². The fourth-order valence-corrected chi connectivity index (χ4v) is 2.44. The van der Waals surface area contributed by atoms with E-state index in [-0.39, 0.29) is 0 Å². The zero-order valence-corrected chi connectivity index (χ0v) is 12.4. The second-order valence-electron chi connectivity index (χ2n) is 5.34. The summed E-state index contributed by atoms with van der Waals surface area (Å²) in [5, 5.41) is 3.36. The molecular weight excluding hydrogens is 254 g/mol. The highest BCUT2D eigenvalue weighted by molar-refractivity contribution is 5.66. The minimum absolute atomic E-state index is 0.296. The van der Waals surface area contributed by atoms with Crippen LogP contribution in [0.1, 0.15) is 33.1 Å². The number of likely N-dealkylation sites (tertiary alicyclic amines) is 1. The van der Waals surface area contributed by atoms with Crippen LogP contribution >= 0.6 is 0 Å². The molecular formula is C14H25N5O. The van der Waals surface area contributed by atoms with Gasteiger partial charge >= 0.3 is 0 Å². The van der Waals surface area contributed by atoms with Gasteiger partial charge in [0.1, 0.15) is 12.0 Å². The number of anilines is 2. The van der Waals surface area contributed by atoms with Crippen molar-refractivity contribution in [3.63, 3.8) is 0 Å². The summed E-state index contributed by atoms with van der Waals surface area (Å²) in [5.74, 6) is 1.13. The summed E-state index contributed by atoms with van der Waals surface area (Å²) >= 11 is 0. The van der Waals surface area contributed by atoms with Crippen molar-refractivity contribution in [2.45, 2.75) is 39.2 Å². The van der Waals surface area contributed by atoms with Crippen LogP contribution in [0.5, 0.6) is 5.88 Å². The van der Waals surface area contributed by atoms with Crippen molar-refractivity contribution < 1.29 is 4.74 Å². The van der Waals surface area contributed by atoms with Crippen molar-refractivity contribution in [1.29, 1.82) is 0 Å². The molecule has 2 heterocycles. The van der Waals surface area contributed by atoms with E-state index in [4.69, 9.17) is 10.5 Å². The van der Waals surface area contributed by atoms with E-state index in [0.29, 0.717) is 30.0 Å². The molecule has 0 aliphatic carbocycles. The van der Waals surface area contributed by atoms with E-state index in [9.17, 15) is 0 Å². The molecule has 1 aliphatic heterocycles. The van der Waals surface area contributed by atoms with Crippen LogP contribution in [0.2, 0.25) is 0 Å². The summed E-state index contributed by atoms with van der Waals surface area (Å²) in [5.41, 5.74) is 6.55.